The predicted molar refractivity (Wildman–Crippen MR) is 106 cm³/mol. The van der Waals surface area contributed by atoms with E-state index in [4.69, 9.17) is 0 Å². The fraction of sp³-hybridized carbons (Fsp3) is 0.571. The molecular weight excluding hydrogens is 342 g/mol. The summed E-state index contributed by atoms with van der Waals surface area (Å²) in [4.78, 5) is 39.0. The van der Waals surface area contributed by atoms with Crippen LogP contribution in [0.15, 0.2) is 30.3 Å². The number of nitrogens with one attached hydrogen (secondary N) is 2. The number of anilines is 1. The molecule has 0 aliphatic heterocycles. The van der Waals surface area contributed by atoms with Gasteiger partial charge in [-0.25, -0.2) is 0 Å². The third kappa shape index (κ3) is 5.31. The molecule has 1 aromatic carbocycles. The molecule has 6 nitrogen and oxygen atoms in total. The molecule has 6 heteroatoms. The quantitative estimate of drug-likeness (QED) is 0.771. The van der Waals surface area contributed by atoms with E-state index in [1.54, 1.807) is 6.92 Å². The van der Waals surface area contributed by atoms with Crippen molar-refractivity contribution in [2.45, 2.75) is 70.9 Å². The van der Waals surface area contributed by atoms with Gasteiger partial charge in [0.2, 0.25) is 17.7 Å². The van der Waals surface area contributed by atoms with Crippen molar-refractivity contribution in [2.75, 3.05) is 11.4 Å². The van der Waals surface area contributed by atoms with Gasteiger partial charge in [0.05, 0.1) is 6.54 Å². The SMILES string of the molecule is CC[C@@](C)(C(=O)NC1CCCCC1)N(C(=O)CNC(C)=O)c1ccccc1. The van der Waals surface area contributed by atoms with Crippen molar-refractivity contribution in [1.29, 1.82) is 0 Å². The summed E-state index contributed by atoms with van der Waals surface area (Å²) >= 11 is 0. The van der Waals surface area contributed by atoms with E-state index in [0.29, 0.717) is 12.1 Å². The molecule has 0 bridgehead atoms. The summed E-state index contributed by atoms with van der Waals surface area (Å²) in [6, 6.07) is 9.33. The largest absolute Gasteiger partial charge is 0.351 e. The minimum atomic E-state index is -1.03. The Morgan fingerprint density at radius 3 is 2.30 bits per heavy atom. The molecule has 0 heterocycles. The van der Waals surface area contributed by atoms with Crippen molar-refractivity contribution in [3.05, 3.63) is 30.3 Å². The second-order valence-corrected chi connectivity index (χ2v) is 7.41. The predicted octanol–water partition coefficient (Wildman–Crippen LogP) is 2.77. The van der Waals surface area contributed by atoms with Crippen LogP contribution in [0.1, 0.15) is 59.3 Å². The first-order valence-electron chi connectivity index (χ1n) is 9.82. The lowest BCUT2D eigenvalue weighted by Gasteiger charge is -2.40. The second kappa shape index (κ2) is 9.53. The van der Waals surface area contributed by atoms with Gasteiger partial charge in [0.25, 0.3) is 0 Å². The first-order valence-corrected chi connectivity index (χ1v) is 9.82. The number of amides is 3. The minimum absolute atomic E-state index is 0.142. The Morgan fingerprint density at radius 2 is 1.74 bits per heavy atom. The van der Waals surface area contributed by atoms with E-state index in [1.807, 2.05) is 37.3 Å². The molecule has 27 heavy (non-hydrogen) atoms. The Balaban J connectivity index is 2.29. The molecule has 2 N–H and O–H groups in total. The van der Waals surface area contributed by atoms with E-state index in [9.17, 15) is 14.4 Å². The Morgan fingerprint density at radius 1 is 1.11 bits per heavy atom. The van der Waals surface area contributed by atoms with Crippen LogP contribution in [0.25, 0.3) is 0 Å². The Bertz CT molecular complexity index is 656. The van der Waals surface area contributed by atoms with E-state index in [-0.39, 0.29) is 30.3 Å². The maximum Gasteiger partial charge on any atom is 0.247 e. The van der Waals surface area contributed by atoms with Crippen LogP contribution in [0.4, 0.5) is 5.69 Å². The molecule has 0 unspecified atom stereocenters. The van der Waals surface area contributed by atoms with Gasteiger partial charge in [0.15, 0.2) is 0 Å². The average molecular weight is 373 g/mol. The molecule has 1 aliphatic carbocycles. The first-order chi connectivity index (χ1) is 12.9. The molecular formula is C21H31N3O3. The second-order valence-electron chi connectivity index (χ2n) is 7.41. The van der Waals surface area contributed by atoms with Crippen LogP contribution in [-0.2, 0) is 14.4 Å². The van der Waals surface area contributed by atoms with Gasteiger partial charge in [0.1, 0.15) is 5.54 Å². The van der Waals surface area contributed by atoms with Crippen LogP contribution in [0.3, 0.4) is 0 Å². The zero-order chi connectivity index (χ0) is 19.9. The number of carbonyl (C=O) groups excluding carboxylic acids is 3. The third-order valence-electron chi connectivity index (χ3n) is 5.36. The van der Waals surface area contributed by atoms with Crippen LogP contribution in [0.2, 0.25) is 0 Å². The fourth-order valence-corrected chi connectivity index (χ4v) is 3.57. The number of benzene rings is 1. The van der Waals surface area contributed by atoms with Gasteiger partial charge in [-0.2, -0.15) is 0 Å². The van der Waals surface area contributed by atoms with Gasteiger partial charge in [0, 0.05) is 18.7 Å². The molecule has 1 atom stereocenters. The molecule has 1 aromatic rings. The summed E-state index contributed by atoms with van der Waals surface area (Å²) in [5, 5.41) is 5.71. The summed E-state index contributed by atoms with van der Waals surface area (Å²) in [5.41, 5.74) is -0.384. The fourth-order valence-electron chi connectivity index (χ4n) is 3.57. The Kier molecular flexibility index (Phi) is 7.39. The molecule has 0 aromatic heterocycles. The monoisotopic (exact) mass is 373 g/mol. The van der Waals surface area contributed by atoms with Crippen molar-refractivity contribution in [3.8, 4) is 0 Å². The lowest BCUT2D eigenvalue weighted by Crippen LogP contribution is -2.62. The molecule has 1 fully saturated rings. The highest BCUT2D eigenvalue weighted by Crippen LogP contribution is 2.28. The van der Waals surface area contributed by atoms with Crippen molar-refractivity contribution in [3.63, 3.8) is 0 Å². The van der Waals surface area contributed by atoms with E-state index < -0.39 is 5.54 Å². The van der Waals surface area contributed by atoms with E-state index >= 15 is 0 Å². The maximum absolute atomic E-state index is 13.2. The van der Waals surface area contributed by atoms with Crippen LogP contribution in [0, 0.1) is 0 Å². The highest BCUT2D eigenvalue weighted by Gasteiger charge is 2.42. The van der Waals surface area contributed by atoms with Gasteiger partial charge < -0.3 is 10.6 Å². The lowest BCUT2D eigenvalue weighted by molar-refractivity contribution is -0.131. The standard InChI is InChI=1S/C21H31N3O3/c1-4-21(3,20(27)23-17-11-7-5-8-12-17)24(18-13-9-6-10-14-18)19(26)15-22-16(2)25/h6,9-10,13-14,17H,4-5,7-8,11-12,15H2,1-3H3,(H,22,25)(H,23,27)/t21-/m0/s1. The zero-order valence-electron chi connectivity index (χ0n) is 16.6. The lowest BCUT2D eigenvalue weighted by atomic mass is 9.90. The minimum Gasteiger partial charge on any atom is -0.351 e. The highest BCUT2D eigenvalue weighted by atomic mass is 16.2. The number of hydrogen-bond acceptors (Lipinski definition) is 3. The van der Waals surface area contributed by atoms with Crippen molar-refractivity contribution < 1.29 is 14.4 Å². The molecule has 148 valence electrons. The van der Waals surface area contributed by atoms with Crippen LogP contribution >= 0.6 is 0 Å². The molecule has 2 rings (SSSR count). The van der Waals surface area contributed by atoms with Crippen molar-refractivity contribution >= 4 is 23.4 Å². The zero-order valence-corrected chi connectivity index (χ0v) is 16.6. The van der Waals surface area contributed by atoms with E-state index in [2.05, 4.69) is 10.6 Å². The maximum atomic E-state index is 13.2. The Labute approximate surface area is 161 Å². The van der Waals surface area contributed by atoms with E-state index in [0.717, 1.165) is 25.7 Å². The summed E-state index contributed by atoms with van der Waals surface area (Å²) < 4.78 is 0. The summed E-state index contributed by atoms with van der Waals surface area (Å²) in [5.74, 6) is -0.724. The van der Waals surface area contributed by atoms with Gasteiger partial charge >= 0.3 is 0 Å². The summed E-state index contributed by atoms with van der Waals surface area (Å²) in [6.07, 6.45) is 5.89. The molecule has 0 saturated heterocycles. The number of rotatable bonds is 7. The number of para-hydroxylation sites is 1. The normalized spacial score (nSPS) is 16.9. The molecule has 1 aliphatic rings. The smallest absolute Gasteiger partial charge is 0.247 e. The van der Waals surface area contributed by atoms with Crippen molar-refractivity contribution in [2.24, 2.45) is 0 Å². The molecule has 3 amide bonds. The molecule has 0 radical (unpaired) electrons. The molecule has 0 spiro atoms. The number of hydrogen-bond donors (Lipinski definition) is 2. The first kappa shape index (κ1) is 20.9. The van der Waals surface area contributed by atoms with Gasteiger partial charge in [-0.15, -0.1) is 0 Å². The third-order valence-corrected chi connectivity index (χ3v) is 5.36. The Hall–Kier alpha value is -2.37. The number of carbonyl (C=O) groups is 3. The average Bonchev–Trinajstić information content (AvgIpc) is 2.68. The molecule has 1 saturated carbocycles. The van der Waals surface area contributed by atoms with E-state index in [1.165, 1.54) is 18.2 Å². The van der Waals surface area contributed by atoms with Crippen LogP contribution in [0.5, 0.6) is 0 Å². The van der Waals surface area contributed by atoms with Crippen LogP contribution < -0.4 is 15.5 Å². The summed E-state index contributed by atoms with van der Waals surface area (Å²) in [7, 11) is 0. The topological polar surface area (TPSA) is 78.5 Å². The van der Waals surface area contributed by atoms with Crippen LogP contribution in [-0.4, -0.2) is 35.8 Å². The summed E-state index contributed by atoms with van der Waals surface area (Å²) in [6.45, 7) is 4.93. The van der Waals surface area contributed by atoms with Gasteiger partial charge in [-0.05, 0) is 38.3 Å². The van der Waals surface area contributed by atoms with Crippen molar-refractivity contribution in [1.82, 2.24) is 10.6 Å². The van der Waals surface area contributed by atoms with Gasteiger partial charge in [-0.1, -0.05) is 44.4 Å². The highest BCUT2D eigenvalue weighted by molar-refractivity contribution is 6.04. The number of nitrogens with zero attached hydrogens (tertiary/aromatic N) is 1. The van der Waals surface area contributed by atoms with Gasteiger partial charge in [-0.3, -0.25) is 19.3 Å².